The fourth-order valence-corrected chi connectivity index (χ4v) is 2.92. The van der Waals surface area contributed by atoms with Gasteiger partial charge in [-0.05, 0) is 30.7 Å². The SMILES string of the molecule is CCC1CCCC(CN)C1CC. The van der Waals surface area contributed by atoms with Gasteiger partial charge in [0.05, 0.1) is 0 Å². The Hall–Kier alpha value is -0.0400. The Morgan fingerprint density at radius 2 is 1.75 bits per heavy atom. The van der Waals surface area contributed by atoms with Gasteiger partial charge in [-0.25, -0.2) is 0 Å². The molecule has 1 heteroatoms. The number of hydrogen-bond donors (Lipinski definition) is 1. The quantitative estimate of drug-likeness (QED) is 0.690. The smallest absolute Gasteiger partial charge is 0.00461 e. The fraction of sp³-hybridized carbons (Fsp3) is 1.00. The molecule has 0 saturated heterocycles. The number of hydrogen-bond acceptors (Lipinski definition) is 1. The molecule has 72 valence electrons. The Labute approximate surface area is 76.7 Å². The summed E-state index contributed by atoms with van der Waals surface area (Å²) in [6.45, 7) is 5.56. The Morgan fingerprint density at radius 1 is 1.08 bits per heavy atom. The van der Waals surface area contributed by atoms with E-state index in [1.165, 1.54) is 32.1 Å². The van der Waals surface area contributed by atoms with Crippen LogP contribution in [0.3, 0.4) is 0 Å². The molecular formula is C11H23N. The topological polar surface area (TPSA) is 26.0 Å². The fourth-order valence-electron chi connectivity index (χ4n) is 2.92. The minimum Gasteiger partial charge on any atom is -0.330 e. The molecule has 3 unspecified atom stereocenters. The lowest BCUT2D eigenvalue weighted by Gasteiger charge is -2.36. The second kappa shape index (κ2) is 4.86. The lowest BCUT2D eigenvalue weighted by molar-refractivity contribution is 0.147. The zero-order valence-corrected chi connectivity index (χ0v) is 8.55. The van der Waals surface area contributed by atoms with Gasteiger partial charge in [-0.15, -0.1) is 0 Å². The van der Waals surface area contributed by atoms with Crippen molar-refractivity contribution in [3.8, 4) is 0 Å². The van der Waals surface area contributed by atoms with Crippen LogP contribution in [0.1, 0.15) is 46.0 Å². The molecule has 0 aromatic heterocycles. The lowest BCUT2D eigenvalue weighted by Crippen LogP contribution is -2.32. The van der Waals surface area contributed by atoms with Crippen molar-refractivity contribution >= 4 is 0 Å². The van der Waals surface area contributed by atoms with E-state index in [1.807, 2.05) is 0 Å². The molecule has 1 saturated carbocycles. The van der Waals surface area contributed by atoms with Gasteiger partial charge in [0, 0.05) is 0 Å². The van der Waals surface area contributed by atoms with Gasteiger partial charge in [0.15, 0.2) is 0 Å². The van der Waals surface area contributed by atoms with E-state index in [4.69, 9.17) is 5.73 Å². The minimum absolute atomic E-state index is 0.827. The van der Waals surface area contributed by atoms with Crippen LogP contribution in [-0.4, -0.2) is 6.54 Å². The summed E-state index contributed by atoms with van der Waals surface area (Å²) in [6.07, 6.45) is 6.93. The van der Waals surface area contributed by atoms with Gasteiger partial charge in [-0.1, -0.05) is 39.5 Å². The highest BCUT2D eigenvalue weighted by Crippen LogP contribution is 2.37. The molecule has 2 N–H and O–H groups in total. The highest BCUT2D eigenvalue weighted by Gasteiger charge is 2.29. The third-order valence-electron chi connectivity index (χ3n) is 3.66. The van der Waals surface area contributed by atoms with Crippen LogP contribution in [-0.2, 0) is 0 Å². The monoisotopic (exact) mass is 169 g/mol. The normalized spacial score (nSPS) is 36.8. The van der Waals surface area contributed by atoms with Crippen molar-refractivity contribution in [2.45, 2.75) is 46.0 Å². The standard InChI is InChI=1S/C11H23N/c1-3-9-6-5-7-10(8-12)11(9)4-2/h9-11H,3-8,12H2,1-2H3. The third kappa shape index (κ3) is 2.01. The first-order valence-corrected chi connectivity index (χ1v) is 5.53. The Kier molecular flexibility index (Phi) is 4.07. The summed E-state index contributed by atoms with van der Waals surface area (Å²) >= 11 is 0. The van der Waals surface area contributed by atoms with Crippen molar-refractivity contribution in [1.82, 2.24) is 0 Å². The number of rotatable bonds is 3. The molecule has 0 heterocycles. The lowest BCUT2D eigenvalue weighted by atomic mass is 9.70. The van der Waals surface area contributed by atoms with E-state index in [9.17, 15) is 0 Å². The molecule has 1 fully saturated rings. The first kappa shape index (κ1) is 10.0. The van der Waals surface area contributed by atoms with Gasteiger partial charge >= 0.3 is 0 Å². The van der Waals surface area contributed by atoms with Crippen LogP contribution in [0.4, 0.5) is 0 Å². The summed E-state index contributed by atoms with van der Waals surface area (Å²) < 4.78 is 0. The summed E-state index contributed by atoms with van der Waals surface area (Å²) in [5.41, 5.74) is 5.79. The zero-order chi connectivity index (χ0) is 8.97. The van der Waals surface area contributed by atoms with E-state index in [-0.39, 0.29) is 0 Å². The molecular weight excluding hydrogens is 146 g/mol. The highest BCUT2D eigenvalue weighted by molar-refractivity contribution is 4.81. The van der Waals surface area contributed by atoms with Gasteiger partial charge in [0.2, 0.25) is 0 Å². The van der Waals surface area contributed by atoms with Crippen molar-refractivity contribution in [3.05, 3.63) is 0 Å². The summed E-state index contributed by atoms with van der Waals surface area (Å²) in [5.74, 6) is 2.72. The van der Waals surface area contributed by atoms with Gasteiger partial charge in [0.1, 0.15) is 0 Å². The molecule has 1 rings (SSSR count). The number of nitrogens with two attached hydrogens (primary N) is 1. The molecule has 1 aliphatic carbocycles. The second-order valence-corrected chi connectivity index (χ2v) is 4.17. The maximum Gasteiger partial charge on any atom is -0.00461 e. The van der Waals surface area contributed by atoms with Gasteiger partial charge in [-0.2, -0.15) is 0 Å². The van der Waals surface area contributed by atoms with E-state index >= 15 is 0 Å². The maximum atomic E-state index is 5.79. The molecule has 3 atom stereocenters. The van der Waals surface area contributed by atoms with Crippen LogP contribution in [0.15, 0.2) is 0 Å². The van der Waals surface area contributed by atoms with E-state index in [1.54, 1.807) is 0 Å². The van der Waals surface area contributed by atoms with Gasteiger partial charge in [0.25, 0.3) is 0 Å². The van der Waals surface area contributed by atoms with Gasteiger partial charge < -0.3 is 5.73 Å². The van der Waals surface area contributed by atoms with Crippen molar-refractivity contribution in [2.75, 3.05) is 6.54 Å². The van der Waals surface area contributed by atoms with E-state index in [2.05, 4.69) is 13.8 Å². The van der Waals surface area contributed by atoms with Crippen molar-refractivity contribution in [2.24, 2.45) is 23.5 Å². The predicted molar refractivity (Wildman–Crippen MR) is 54.0 cm³/mol. The molecule has 0 amide bonds. The first-order valence-electron chi connectivity index (χ1n) is 5.53. The highest BCUT2D eigenvalue weighted by atomic mass is 14.6. The van der Waals surface area contributed by atoms with Crippen LogP contribution < -0.4 is 5.73 Å². The largest absolute Gasteiger partial charge is 0.330 e. The van der Waals surface area contributed by atoms with Gasteiger partial charge in [-0.3, -0.25) is 0 Å². The Bertz CT molecular complexity index is 110. The molecule has 0 bridgehead atoms. The molecule has 1 aliphatic rings. The average molecular weight is 169 g/mol. The van der Waals surface area contributed by atoms with Crippen LogP contribution in [0.2, 0.25) is 0 Å². The second-order valence-electron chi connectivity index (χ2n) is 4.17. The van der Waals surface area contributed by atoms with E-state index in [0.29, 0.717) is 0 Å². The molecule has 0 aromatic carbocycles. The maximum absolute atomic E-state index is 5.79. The molecule has 0 aliphatic heterocycles. The molecule has 0 aromatic rings. The van der Waals surface area contributed by atoms with Crippen molar-refractivity contribution < 1.29 is 0 Å². The molecule has 0 radical (unpaired) electrons. The summed E-state index contributed by atoms with van der Waals surface area (Å²) in [5, 5.41) is 0. The van der Waals surface area contributed by atoms with Crippen LogP contribution >= 0.6 is 0 Å². The van der Waals surface area contributed by atoms with Crippen molar-refractivity contribution in [1.29, 1.82) is 0 Å². The summed E-state index contributed by atoms with van der Waals surface area (Å²) in [4.78, 5) is 0. The van der Waals surface area contributed by atoms with Crippen molar-refractivity contribution in [3.63, 3.8) is 0 Å². The summed E-state index contributed by atoms with van der Waals surface area (Å²) in [6, 6.07) is 0. The Balaban J connectivity index is 2.52. The summed E-state index contributed by atoms with van der Waals surface area (Å²) in [7, 11) is 0. The van der Waals surface area contributed by atoms with Crippen LogP contribution in [0, 0.1) is 17.8 Å². The molecule has 1 nitrogen and oxygen atoms in total. The van der Waals surface area contributed by atoms with Crippen LogP contribution in [0.25, 0.3) is 0 Å². The Morgan fingerprint density at radius 3 is 2.25 bits per heavy atom. The first-order chi connectivity index (χ1) is 5.83. The molecule has 0 spiro atoms. The average Bonchev–Trinajstić information content (AvgIpc) is 2.16. The molecule has 12 heavy (non-hydrogen) atoms. The van der Waals surface area contributed by atoms with E-state index < -0.39 is 0 Å². The van der Waals surface area contributed by atoms with Crippen LogP contribution in [0.5, 0.6) is 0 Å². The van der Waals surface area contributed by atoms with E-state index in [0.717, 1.165) is 24.3 Å². The predicted octanol–water partition coefficient (Wildman–Crippen LogP) is 2.80. The zero-order valence-electron chi connectivity index (χ0n) is 8.55. The third-order valence-corrected chi connectivity index (χ3v) is 3.66. The minimum atomic E-state index is 0.827.